The van der Waals surface area contributed by atoms with Crippen molar-refractivity contribution in [2.24, 2.45) is 0 Å². The van der Waals surface area contributed by atoms with Crippen LogP contribution in [0.5, 0.6) is 0 Å². The quantitative estimate of drug-likeness (QED) is 0.0195. The Morgan fingerprint density at radius 3 is 0.930 bits per heavy atom. The minimum atomic E-state index is -4.65. The topological polar surface area (TPSA) is 111 Å². The molecular formula is C76H130NO8P. The van der Waals surface area contributed by atoms with Gasteiger partial charge in [0.1, 0.15) is 19.8 Å². The van der Waals surface area contributed by atoms with E-state index in [0.29, 0.717) is 17.4 Å². The molecule has 0 saturated heterocycles. The Morgan fingerprint density at radius 1 is 0.360 bits per heavy atom. The Hall–Kier alpha value is -3.85. The molecule has 0 heterocycles. The third-order valence-corrected chi connectivity index (χ3v) is 15.6. The van der Waals surface area contributed by atoms with Crippen LogP contribution in [0.1, 0.15) is 284 Å². The Balaban J connectivity index is 4.07. The van der Waals surface area contributed by atoms with Crippen LogP contribution in [0.3, 0.4) is 0 Å². The monoisotopic (exact) mass is 1220 g/mol. The van der Waals surface area contributed by atoms with Gasteiger partial charge >= 0.3 is 11.9 Å². The van der Waals surface area contributed by atoms with Gasteiger partial charge in [0.25, 0.3) is 7.82 Å². The van der Waals surface area contributed by atoms with Crippen LogP contribution in [0.25, 0.3) is 0 Å². The zero-order valence-electron chi connectivity index (χ0n) is 56.0. The van der Waals surface area contributed by atoms with E-state index in [1.807, 2.05) is 21.1 Å². The molecule has 2 unspecified atom stereocenters. The Bertz CT molecular complexity index is 1910. The summed E-state index contributed by atoms with van der Waals surface area (Å²) in [4.78, 5) is 38.1. The molecule has 2 atom stereocenters. The van der Waals surface area contributed by atoms with Gasteiger partial charge in [0, 0.05) is 12.8 Å². The Kier molecular flexibility index (Phi) is 62.7. The minimum absolute atomic E-state index is 0.0359. The maximum Gasteiger partial charge on any atom is 0.306 e. The molecule has 492 valence electrons. The van der Waals surface area contributed by atoms with Crippen LogP contribution >= 0.6 is 7.82 Å². The predicted octanol–water partition coefficient (Wildman–Crippen LogP) is 22.2. The van der Waals surface area contributed by atoms with Gasteiger partial charge in [0.05, 0.1) is 27.7 Å². The fourth-order valence-corrected chi connectivity index (χ4v) is 10.1. The molecule has 0 aliphatic carbocycles. The van der Waals surface area contributed by atoms with Gasteiger partial charge in [-0.05, 0) is 109 Å². The van der Waals surface area contributed by atoms with Gasteiger partial charge in [0.15, 0.2) is 6.10 Å². The third-order valence-electron chi connectivity index (χ3n) is 14.7. The van der Waals surface area contributed by atoms with Crippen molar-refractivity contribution < 1.29 is 42.1 Å². The first kappa shape index (κ1) is 82.1. The molecule has 10 heteroatoms. The van der Waals surface area contributed by atoms with Gasteiger partial charge < -0.3 is 27.9 Å². The number of unbranched alkanes of at least 4 members (excludes halogenated alkanes) is 27. The zero-order chi connectivity index (χ0) is 62.6. The smallest absolute Gasteiger partial charge is 0.306 e. The number of allylic oxidation sites excluding steroid dienone is 22. The summed E-state index contributed by atoms with van der Waals surface area (Å²) < 4.78 is 34.3. The molecule has 0 bridgehead atoms. The third kappa shape index (κ3) is 69.3. The van der Waals surface area contributed by atoms with Crippen LogP contribution < -0.4 is 4.89 Å². The molecule has 0 aromatic heterocycles. The number of hydrogen-bond acceptors (Lipinski definition) is 8. The first-order valence-corrected chi connectivity index (χ1v) is 36.4. The second-order valence-corrected chi connectivity index (χ2v) is 25.5. The van der Waals surface area contributed by atoms with Crippen LogP contribution in [0.2, 0.25) is 0 Å². The SMILES string of the molecule is CC/C=C\C/C=C\C/C=C\C/C=C\C/C=C\C/C=C\C/C=C\CCCCCCCCCCCCCCCC(=O)OC(COC(=O)CCCCCCCCCCCCCCCC/C=C\C/C=C\C/C=C\C/C=C\CC)COP(=O)([O-])OCC[N+](C)(C)C. The predicted molar refractivity (Wildman–Crippen MR) is 369 cm³/mol. The zero-order valence-corrected chi connectivity index (χ0v) is 56.9. The number of nitrogens with zero attached hydrogens (tertiary/aromatic N) is 1. The molecule has 86 heavy (non-hydrogen) atoms. The Labute approximate surface area is 530 Å². The molecular weight excluding hydrogens is 1090 g/mol. The molecule has 0 amide bonds. The van der Waals surface area contributed by atoms with E-state index in [4.69, 9.17) is 18.5 Å². The first-order chi connectivity index (χ1) is 42.0. The van der Waals surface area contributed by atoms with E-state index < -0.39 is 26.5 Å². The lowest BCUT2D eigenvalue weighted by Crippen LogP contribution is -2.37. The maximum atomic E-state index is 12.9. The summed E-state index contributed by atoms with van der Waals surface area (Å²) in [5.41, 5.74) is 0. The molecule has 0 aliphatic heterocycles. The highest BCUT2D eigenvalue weighted by Crippen LogP contribution is 2.38. The van der Waals surface area contributed by atoms with Crippen molar-refractivity contribution >= 4 is 19.8 Å². The molecule has 0 aromatic rings. The number of quaternary nitrogens is 1. The van der Waals surface area contributed by atoms with Gasteiger partial charge in [0.2, 0.25) is 0 Å². The molecule has 0 aliphatic rings. The number of phosphoric acid groups is 1. The highest BCUT2D eigenvalue weighted by Gasteiger charge is 2.22. The van der Waals surface area contributed by atoms with E-state index in [0.717, 1.165) is 109 Å². The van der Waals surface area contributed by atoms with Crippen LogP contribution in [-0.2, 0) is 32.7 Å². The first-order valence-electron chi connectivity index (χ1n) is 34.9. The van der Waals surface area contributed by atoms with E-state index >= 15 is 0 Å². The largest absolute Gasteiger partial charge is 0.756 e. The number of likely N-dealkylation sites (N-methyl/N-ethyl adjacent to an activating group) is 1. The number of carbonyl (C=O) groups is 2. The van der Waals surface area contributed by atoms with E-state index in [9.17, 15) is 19.0 Å². The summed E-state index contributed by atoms with van der Waals surface area (Å²) in [5.74, 6) is -0.834. The number of phosphoric ester groups is 1. The van der Waals surface area contributed by atoms with E-state index in [-0.39, 0.29) is 32.0 Å². The summed E-state index contributed by atoms with van der Waals surface area (Å²) in [5, 5.41) is 0. The molecule has 0 N–H and O–H groups in total. The molecule has 9 nitrogen and oxygen atoms in total. The van der Waals surface area contributed by atoms with Crippen LogP contribution in [0, 0.1) is 0 Å². The average Bonchev–Trinajstić information content (AvgIpc) is 3.56. The molecule has 0 aromatic carbocycles. The van der Waals surface area contributed by atoms with E-state index in [1.54, 1.807) is 0 Å². The van der Waals surface area contributed by atoms with Crippen LogP contribution in [0.4, 0.5) is 0 Å². The Morgan fingerprint density at radius 2 is 0.628 bits per heavy atom. The molecule has 0 saturated carbocycles. The van der Waals surface area contributed by atoms with Crippen molar-refractivity contribution in [2.45, 2.75) is 290 Å². The van der Waals surface area contributed by atoms with Crippen LogP contribution in [0.15, 0.2) is 134 Å². The molecule has 0 fully saturated rings. The molecule has 0 rings (SSSR count). The van der Waals surface area contributed by atoms with Gasteiger partial charge in [-0.1, -0.05) is 295 Å². The van der Waals surface area contributed by atoms with Gasteiger partial charge in [-0.3, -0.25) is 14.2 Å². The van der Waals surface area contributed by atoms with Crippen molar-refractivity contribution in [3.63, 3.8) is 0 Å². The summed E-state index contributed by atoms with van der Waals surface area (Å²) in [6.45, 7) is 4.03. The standard InChI is InChI=1S/C76H130NO8P/c1-6-8-10-12-14-16-18-20-22-24-26-28-30-32-34-35-36-37-38-39-40-41-43-45-47-49-51-53-55-57-59-61-63-65-67-69-76(79)85-74(73-84-86(80,81)83-71-70-77(3,4)5)72-82-75(78)68-66-64-62-60-58-56-54-52-50-48-46-44-42-33-31-29-27-25-23-21-19-17-15-13-11-9-7-2/h8-11,14-17,20-23,26-29,32,34,36-37,39-40,74H,6-7,12-13,18-19,24-25,30-31,33,35,38,41-73H2,1-5H3/b10-8-,11-9-,16-14-,17-15-,22-20-,23-21-,28-26-,29-27-,34-32-,37-36-,40-39-. The fraction of sp³-hybridized carbons (Fsp3) is 0.684. The number of ether oxygens (including phenoxy) is 2. The summed E-state index contributed by atoms with van der Waals surface area (Å²) in [6.07, 6.45) is 95.2. The van der Waals surface area contributed by atoms with Gasteiger partial charge in [-0.25, -0.2) is 0 Å². The summed E-state index contributed by atoms with van der Waals surface area (Å²) in [6, 6.07) is 0. The van der Waals surface area contributed by atoms with Gasteiger partial charge in [-0.2, -0.15) is 0 Å². The van der Waals surface area contributed by atoms with Gasteiger partial charge in [-0.15, -0.1) is 0 Å². The highest BCUT2D eigenvalue weighted by atomic mass is 31.2. The summed E-state index contributed by atoms with van der Waals surface area (Å²) in [7, 11) is 1.16. The average molecular weight is 1220 g/mol. The number of hydrogen-bond donors (Lipinski definition) is 0. The van der Waals surface area contributed by atoms with Crippen LogP contribution in [-0.4, -0.2) is 70.0 Å². The lowest BCUT2D eigenvalue weighted by molar-refractivity contribution is -0.870. The van der Waals surface area contributed by atoms with Crippen molar-refractivity contribution in [3.05, 3.63) is 134 Å². The van der Waals surface area contributed by atoms with Crippen molar-refractivity contribution in [1.29, 1.82) is 0 Å². The van der Waals surface area contributed by atoms with Crippen molar-refractivity contribution in [1.82, 2.24) is 0 Å². The number of carbonyl (C=O) groups excluding carboxylic acids is 2. The summed E-state index contributed by atoms with van der Waals surface area (Å²) >= 11 is 0. The second kappa shape index (κ2) is 65.6. The lowest BCUT2D eigenvalue weighted by Gasteiger charge is -2.28. The number of esters is 2. The number of rotatable bonds is 63. The lowest BCUT2D eigenvalue weighted by atomic mass is 10.0. The highest BCUT2D eigenvalue weighted by molar-refractivity contribution is 7.45. The fourth-order valence-electron chi connectivity index (χ4n) is 9.39. The second-order valence-electron chi connectivity index (χ2n) is 24.1. The van der Waals surface area contributed by atoms with E-state index in [2.05, 4.69) is 148 Å². The minimum Gasteiger partial charge on any atom is -0.756 e. The maximum absolute atomic E-state index is 12.9. The normalized spacial score (nSPS) is 14.0. The molecule has 0 radical (unpaired) electrons. The molecule has 0 spiro atoms. The van der Waals surface area contributed by atoms with Crippen molar-refractivity contribution in [3.8, 4) is 0 Å². The van der Waals surface area contributed by atoms with Crippen molar-refractivity contribution in [2.75, 3.05) is 47.5 Å². The van der Waals surface area contributed by atoms with E-state index in [1.165, 1.54) is 141 Å².